The molecule has 10 heteroatoms. The summed E-state index contributed by atoms with van der Waals surface area (Å²) in [7, 11) is 1.48. The fourth-order valence-corrected chi connectivity index (χ4v) is 2.51. The van der Waals surface area contributed by atoms with Gasteiger partial charge < -0.3 is 15.8 Å². The monoisotopic (exact) mass is 395 g/mol. The van der Waals surface area contributed by atoms with E-state index in [1.54, 1.807) is 18.2 Å². The highest BCUT2D eigenvalue weighted by atomic mass is 16.5. The van der Waals surface area contributed by atoms with Gasteiger partial charge in [-0.15, -0.1) is 10.2 Å². The Bertz CT molecular complexity index is 1050. The number of primary amides is 1. The van der Waals surface area contributed by atoms with Gasteiger partial charge in [-0.25, -0.2) is 4.68 Å². The van der Waals surface area contributed by atoms with Gasteiger partial charge >= 0.3 is 0 Å². The SMILES string of the molecule is COc1ccc(-n2nc(C(=O)NC(C)(C)C)cc2-c2cc(C(N)=O)ccn2)nn1. The fraction of sp³-hybridized carbons (Fsp3) is 0.263. The molecule has 0 fully saturated rings. The van der Waals surface area contributed by atoms with Crippen molar-refractivity contribution in [2.24, 2.45) is 5.73 Å². The van der Waals surface area contributed by atoms with Crippen LogP contribution in [0, 0.1) is 0 Å². The normalized spacial score (nSPS) is 11.2. The van der Waals surface area contributed by atoms with Crippen molar-refractivity contribution in [2.45, 2.75) is 26.3 Å². The Balaban J connectivity index is 2.13. The first kappa shape index (κ1) is 19.9. The van der Waals surface area contributed by atoms with Crippen molar-refractivity contribution in [2.75, 3.05) is 7.11 Å². The van der Waals surface area contributed by atoms with Gasteiger partial charge in [0.1, 0.15) is 0 Å². The lowest BCUT2D eigenvalue weighted by molar-refractivity contribution is 0.0913. The maximum atomic E-state index is 12.6. The van der Waals surface area contributed by atoms with Crippen molar-refractivity contribution in [1.29, 1.82) is 0 Å². The van der Waals surface area contributed by atoms with Crippen molar-refractivity contribution in [1.82, 2.24) is 30.3 Å². The van der Waals surface area contributed by atoms with Crippen LogP contribution >= 0.6 is 0 Å². The van der Waals surface area contributed by atoms with Gasteiger partial charge in [0.25, 0.3) is 5.91 Å². The minimum atomic E-state index is -0.588. The molecule has 29 heavy (non-hydrogen) atoms. The summed E-state index contributed by atoms with van der Waals surface area (Å²) >= 11 is 0. The molecule has 0 aliphatic carbocycles. The van der Waals surface area contributed by atoms with E-state index in [0.717, 1.165) is 0 Å². The molecule has 10 nitrogen and oxygen atoms in total. The molecule has 2 amide bonds. The molecule has 0 aliphatic heterocycles. The molecule has 3 N–H and O–H groups in total. The Kier molecular flexibility index (Phi) is 5.26. The summed E-state index contributed by atoms with van der Waals surface area (Å²) in [6, 6.07) is 7.87. The number of hydrogen-bond acceptors (Lipinski definition) is 7. The lowest BCUT2D eigenvalue weighted by Crippen LogP contribution is -2.40. The zero-order chi connectivity index (χ0) is 21.2. The molecule has 0 spiro atoms. The van der Waals surface area contributed by atoms with E-state index >= 15 is 0 Å². The molecule has 0 unspecified atom stereocenters. The third kappa shape index (κ3) is 4.54. The van der Waals surface area contributed by atoms with Gasteiger partial charge in [-0.1, -0.05) is 0 Å². The minimum absolute atomic E-state index is 0.166. The second kappa shape index (κ2) is 7.66. The third-order valence-corrected chi connectivity index (χ3v) is 3.79. The second-order valence-corrected chi connectivity index (χ2v) is 7.26. The first-order valence-electron chi connectivity index (χ1n) is 8.75. The Morgan fingerprint density at radius 3 is 2.48 bits per heavy atom. The van der Waals surface area contributed by atoms with Crippen LogP contribution in [-0.4, -0.2) is 49.4 Å². The Morgan fingerprint density at radius 1 is 1.14 bits per heavy atom. The first-order chi connectivity index (χ1) is 13.7. The van der Waals surface area contributed by atoms with E-state index in [4.69, 9.17) is 10.5 Å². The number of methoxy groups -OCH3 is 1. The molecule has 0 bridgehead atoms. The standard InChI is InChI=1S/C19H21N7O3/c1-19(2,3)22-18(28)13-10-14(12-9-11(17(20)27)7-8-21-12)26(25-13)15-5-6-16(29-4)24-23-15/h5-10H,1-4H3,(H2,20,27)(H,22,28). The van der Waals surface area contributed by atoms with E-state index in [9.17, 15) is 9.59 Å². The predicted octanol–water partition coefficient (Wildman–Crippen LogP) is 1.36. The summed E-state index contributed by atoms with van der Waals surface area (Å²) in [5, 5.41) is 15.3. The Morgan fingerprint density at radius 2 is 1.90 bits per heavy atom. The van der Waals surface area contributed by atoms with Crippen LogP contribution in [0.3, 0.4) is 0 Å². The average molecular weight is 395 g/mol. The number of rotatable bonds is 5. The van der Waals surface area contributed by atoms with Crippen LogP contribution in [0.5, 0.6) is 5.88 Å². The smallest absolute Gasteiger partial charge is 0.272 e. The largest absolute Gasteiger partial charge is 0.480 e. The summed E-state index contributed by atoms with van der Waals surface area (Å²) < 4.78 is 6.46. The lowest BCUT2D eigenvalue weighted by atomic mass is 10.1. The molecule has 3 aromatic heterocycles. The van der Waals surface area contributed by atoms with Gasteiger partial charge in [-0.3, -0.25) is 14.6 Å². The Labute approximate surface area is 167 Å². The zero-order valence-corrected chi connectivity index (χ0v) is 16.5. The van der Waals surface area contributed by atoms with Gasteiger partial charge in [0.15, 0.2) is 11.5 Å². The summed E-state index contributed by atoms with van der Waals surface area (Å²) in [5.74, 6) is -0.261. The highest BCUT2D eigenvalue weighted by Gasteiger charge is 2.22. The molecule has 0 saturated heterocycles. The molecular formula is C19H21N7O3. The van der Waals surface area contributed by atoms with Crippen LogP contribution in [0.25, 0.3) is 17.2 Å². The fourth-order valence-electron chi connectivity index (χ4n) is 2.51. The molecule has 0 saturated carbocycles. The number of pyridine rings is 1. The van der Waals surface area contributed by atoms with Gasteiger partial charge in [-0.05, 0) is 45.0 Å². The number of hydrogen-bond donors (Lipinski definition) is 2. The highest BCUT2D eigenvalue weighted by molar-refractivity contribution is 5.95. The summed E-state index contributed by atoms with van der Waals surface area (Å²) in [6.07, 6.45) is 1.46. The van der Waals surface area contributed by atoms with Gasteiger partial charge in [0.05, 0.1) is 18.5 Å². The van der Waals surface area contributed by atoms with Crippen LogP contribution in [0.4, 0.5) is 0 Å². The van der Waals surface area contributed by atoms with E-state index in [1.165, 1.54) is 30.1 Å². The van der Waals surface area contributed by atoms with E-state index in [-0.39, 0.29) is 17.2 Å². The van der Waals surface area contributed by atoms with Crippen LogP contribution in [-0.2, 0) is 0 Å². The number of amides is 2. The number of nitrogens with one attached hydrogen (secondary N) is 1. The zero-order valence-electron chi connectivity index (χ0n) is 16.5. The topological polar surface area (TPSA) is 138 Å². The van der Waals surface area contributed by atoms with Crippen molar-refractivity contribution in [3.63, 3.8) is 0 Å². The molecule has 0 atom stereocenters. The van der Waals surface area contributed by atoms with Gasteiger partial charge in [-0.2, -0.15) is 5.10 Å². The summed E-state index contributed by atoms with van der Waals surface area (Å²) in [4.78, 5) is 28.5. The van der Waals surface area contributed by atoms with Crippen LogP contribution in [0.2, 0.25) is 0 Å². The van der Waals surface area contributed by atoms with Gasteiger partial charge in [0, 0.05) is 23.4 Å². The maximum absolute atomic E-state index is 12.6. The molecule has 0 aliphatic rings. The molecular weight excluding hydrogens is 374 g/mol. The number of carbonyl (C=O) groups excluding carboxylic acids is 2. The summed E-state index contributed by atoms with van der Waals surface area (Å²) in [5.41, 5.74) is 6.24. The van der Waals surface area contributed by atoms with Crippen LogP contribution in [0.15, 0.2) is 36.5 Å². The third-order valence-electron chi connectivity index (χ3n) is 3.79. The lowest BCUT2D eigenvalue weighted by Gasteiger charge is -2.19. The molecule has 3 aromatic rings. The molecule has 0 radical (unpaired) electrons. The van der Waals surface area contributed by atoms with E-state index in [1.807, 2.05) is 20.8 Å². The van der Waals surface area contributed by atoms with Crippen LogP contribution in [0.1, 0.15) is 41.6 Å². The van der Waals surface area contributed by atoms with Crippen molar-refractivity contribution < 1.29 is 14.3 Å². The maximum Gasteiger partial charge on any atom is 0.272 e. The highest BCUT2D eigenvalue weighted by Crippen LogP contribution is 2.23. The second-order valence-electron chi connectivity index (χ2n) is 7.26. The molecule has 3 rings (SSSR count). The van der Waals surface area contributed by atoms with Crippen LogP contribution < -0.4 is 15.8 Å². The Hall–Kier alpha value is -3.82. The number of nitrogens with two attached hydrogens (primary N) is 1. The average Bonchev–Trinajstić information content (AvgIpc) is 3.12. The van der Waals surface area contributed by atoms with Crippen molar-refractivity contribution in [3.05, 3.63) is 47.8 Å². The van der Waals surface area contributed by atoms with Gasteiger partial charge in [0.2, 0.25) is 11.8 Å². The number of ether oxygens (including phenoxy) is 1. The van der Waals surface area contributed by atoms with E-state index in [0.29, 0.717) is 23.1 Å². The summed E-state index contributed by atoms with van der Waals surface area (Å²) in [6.45, 7) is 5.61. The van der Waals surface area contributed by atoms with E-state index in [2.05, 4.69) is 25.6 Å². The minimum Gasteiger partial charge on any atom is -0.480 e. The number of aromatic nitrogens is 5. The van der Waals surface area contributed by atoms with Crippen molar-refractivity contribution in [3.8, 4) is 23.1 Å². The number of carbonyl (C=O) groups is 2. The van der Waals surface area contributed by atoms with Crippen molar-refractivity contribution >= 4 is 11.8 Å². The van der Waals surface area contributed by atoms with E-state index < -0.39 is 11.4 Å². The first-order valence-corrected chi connectivity index (χ1v) is 8.75. The quantitative estimate of drug-likeness (QED) is 0.665. The molecule has 0 aromatic carbocycles. The number of nitrogens with zero attached hydrogens (tertiary/aromatic N) is 5. The predicted molar refractivity (Wildman–Crippen MR) is 105 cm³/mol. The molecule has 150 valence electrons. The molecule has 3 heterocycles.